The Morgan fingerprint density at radius 2 is 2.00 bits per heavy atom. The lowest BCUT2D eigenvalue weighted by Crippen LogP contribution is -2.26. The summed E-state index contributed by atoms with van der Waals surface area (Å²) < 4.78 is 26.9. The fourth-order valence-corrected chi connectivity index (χ4v) is 1.92. The van der Waals surface area contributed by atoms with Crippen LogP contribution in [0.4, 0.5) is 0 Å². The molecule has 0 aliphatic carbocycles. The lowest BCUT2D eigenvalue weighted by atomic mass is 10.2. The molecule has 0 spiro atoms. The minimum absolute atomic E-state index is 0.525. The van der Waals surface area contributed by atoms with Gasteiger partial charge in [0.05, 0.1) is 5.41 Å². The topological polar surface area (TPSA) is 95.4 Å². The minimum Gasteiger partial charge on any atom is -0.330 e. The van der Waals surface area contributed by atoms with E-state index in [4.69, 9.17) is 15.7 Å². The number of nitrogens with two attached hydrogens (primary N) is 2. The number of unbranched alkanes of at least 4 members (excludes halogenated alkanes) is 2. The van der Waals surface area contributed by atoms with Gasteiger partial charge in [-0.05, 0) is 32.7 Å². The van der Waals surface area contributed by atoms with E-state index < -0.39 is 16.3 Å². The summed E-state index contributed by atoms with van der Waals surface area (Å²) in [6.45, 7) is 2.25. The summed E-state index contributed by atoms with van der Waals surface area (Å²) in [5.74, 6) is 0. The molecular formula is C9H20N2O3S. The third kappa shape index (κ3) is 8.56. The van der Waals surface area contributed by atoms with Crippen LogP contribution in [0.2, 0.25) is 0 Å². The van der Waals surface area contributed by atoms with Crippen molar-refractivity contribution in [2.45, 2.75) is 38.8 Å². The first kappa shape index (κ1) is 14.6. The summed E-state index contributed by atoms with van der Waals surface area (Å²) in [7, 11) is -3.60. The van der Waals surface area contributed by atoms with Crippen molar-refractivity contribution in [1.29, 1.82) is 0 Å². The molecule has 0 aliphatic rings. The molecule has 1 atom stereocenters. The molecule has 0 saturated heterocycles. The van der Waals surface area contributed by atoms with E-state index in [1.165, 1.54) is 6.08 Å². The number of rotatable bonds is 8. The maximum absolute atomic E-state index is 11.1. The molecular weight excluding hydrogens is 216 g/mol. The van der Waals surface area contributed by atoms with Gasteiger partial charge in [-0.3, -0.25) is 0 Å². The van der Waals surface area contributed by atoms with Crippen LogP contribution in [0.5, 0.6) is 0 Å². The molecule has 0 saturated carbocycles. The Balaban J connectivity index is 3.78. The maximum Gasteiger partial charge on any atom is 0.291 e. The van der Waals surface area contributed by atoms with Crippen LogP contribution in [0.1, 0.15) is 32.6 Å². The standard InChI is InChI=1S/C9H20N2O3S/c1-2-8-15(12,13)14-9(11)6-4-3-5-7-10/h2,8-9H,3-7,10-11H2,1H3. The molecule has 0 aromatic carbocycles. The van der Waals surface area contributed by atoms with Crippen molar-refractivity contribution in [3.8, 4) is 0 Å². The van der Waals surface area contributed by atoms with E-state index in [1.807, 2.05) is 0 Å². The average Bonchev–Trinajstić information content (AvgIpc) is 2.11. The third-order valence-electron chi connectivity index (χ3n) is 1.75. The van der Waals surface area contributed by atoms with Crippen molar-refractivity contribution in [1.82, 2.24) is 0 Å². The highest BCUT2D eigenvalue weighted by atomic mass is 32.2. The van der Waals surface area contributed by atoms with Crippen LogP contribution in [-0.4, -0.2) is 21.2 Å². The Hall–Kier alpha value is -0.430. The zero-order valence-electron chi connectivity index (χ0n) is 9.06. The molecule has 0 aromatic rings. The van der Waals surface area contributed by atoms with Crippen molar-refractivity contribution in [3.05, 3.63) is 11.5 Å². The highest BCUT2D eigenvalue weighted by Gasteiger charge is 2.12. The number of hydrogen-bond acceptors (Lipinski definition) is 5. The molecule has 6 heteroatoms. The van der Waals surface area contributed by atoms with E-state index in [0.717, 1.165) is 24.7 Å². The number of allylic oxidation sites excluding steroid dienone is 1. The van der Waals surface area contributed by atoms with E-state index >= 15 is 0 Å². The quantitative estimate of drug-likeness (QED) is 0.367. The van der Waals surface area contributed by atoms with Gasteiger partial charge in [0.15, 0.2) is 0 Å². The van der Waals surface area contributed by atoms with E-state index in [-0.39, 0.29) is 0 Å². The summed E-state index contributed by atoms with van der Waals surface area (Å²) in [6, 6.07) is 0. The summed E-state index contributed by atoms with van der Waals surface area (Å²) in [5.41, 5.74) is 10.8. The summed E-state index contributed by atoms with van der Waals surface area (Å²) in [6.07, 6.45) is 3.85. The summed E-state index contributed by atoms with van der Waals surface area (Å²) in [4.78, 5) is 0. The van der Waals surface area contributed by atoms with Gasteiger partial charge in [-0.15, -0.1) is 0 Å². The Labute approximate surface area is 91.6 Å². The van der Waals surface area contributed by atoms with Crippen molar-refractivity contribution in [2.24, 2.45) is 11.5 Å². The fraction of sp³-hybridized carbons (Fsp3) is 0.778. The zero-order valence-corrected chi connectivity index (χ0v) is 9.87. The first-order valence-corrected chi connectivity index (χ1v) is 6.50. The minimum atomic E-state index is -3.60. The van der Waals surface area contributed by atoms with E-state index in [9.17, 15) is 8.42 Å². The van der Waals surface area contributed by atoms with Gasteiger partial charge in [0, 0.05) is 0 Å². The van der Waals surface area contributed by atoms with Crippen molar-refractivity contribution in [2.75, 3.05) is 6.54 Å². The average molecular weight is 236 g/mol. The van der Waals surface area contributed by atoms with E-state index in [1.54, 1.807) is 6.92 Å². The zero-order chi connectivity index (χ0) is 11.7. The van der Waals surface area contributed by atoms with Gasteiger partial charge in [0.25, 0.3) is 10.1 Å². The smallest absolute Gasteiger partial charge is 0.291 e. The van der Waals surface area contributed by atoms with Gasteiger partial charge < -0.3 is 11.5 Å². The number of hydrogen-bond donors (Lipinski definition) is 2. The second kappa shape index (κ2) is 7.81. The normalized spacial score (nSPS) is 14.6. The first-order chi connectivity index (χ1) is 7.02. The third-order valence-corrected chi connectivity index (χ3v) is 2.87. The highest BCUT2D eigenvalue weighted by molar-refractivity contribution is 7.89. The fourth-order valence-electron chi connectivity index (χ4n) is 1.09. The van der Waals surface area contributed by atoms with Crippen LogP contribution in [-0.2, 0) is 14.3 Å². The van der Waals surface area contributed by atoms with Gasteiger partial charge in [-0.25, -0.2) is 4.18 Å². The Bertz CT molecular complexity index is 275. The Kier molecular flexibility index (Phi) is 7.59. The van der Waals surface area contributed by atoms with Crippen LogP contribution < -0.4 is 11.5 Å². The van der Waals surface area contributed by atoms with E-state index in [2.05, 4.69) is 0 Å². The molecule has 0 rings (SSSR count). The Morgan fingerprint density at radius 1 is 1.33 bits per heavy atom. The van der Waals surface area contributed by atoms with Gasteiger partial charge in [0.1, 0.15) is 6.23 Å². The molecule has 5 nitrogen and oxygen atoms in total. The molecule has 0 aromatic heterocycles. The van der Waals surface area contributed by atoms with Crippen LogP contribution in [0, 0.1) is 0 Å². The molecule has 0 fully saturated rings. The van der Waals surface area contributed by atoms with Crippen LogP contribution >= 0.6 is 0 Å². The summed E-state index contributed by atoms with van der Waals surface area (Å²) >= 11 is 0. The molecule has 90 valence electrons. The van der Waals surface area contributed by atoms with Gasteiger partial charge in [0.2, 0.25) is 0 Å². The predicted molar refractivity (Wildman–Crippen MR) is 60.3 cm³/mol. The molecule has 0 bridgehead atoms. The first-order valence-electron chi connectivity index (χ1n) is 5.03. The van der Waals surface area contributed by atoms with Crippen molar-refractivity contribution < 1.29 is 12.6 Å². The summed E-state index contributed by atoms with van der Waals surface area (Å²) in [5, 5.41) is 0.993. The van der Waals surface area contributed by atoms with Gasteiger partial charge in [-0.1, -0.05) is 12.5 Å². The monoisotopic (exact) mass is 236 g/mol. The highest BCUT2D eigenvalue weighted by Crippen LogP contribution is 2.06. The SMILES string of the molecule is CC=CS(=O)(=O)OC(N)CCCCCN. The molecule has 15 heavy (non-hydrogen) atoms. The van der Waals surface area contributed by atoms with Gasteiger partial charge in [-0.2, -0.15) is 8.42 Å². The van der Waals surface area contributed by atoms with Crippen molar-refractivity contribution >= 4 is 10.1 Å². The molecule has 0 amide bonds. The largest absolute Gasteiger partial charge is 0.330 e. The lowest BCUT2D eigenvalue weighted by molar-refractivity contribution is 0.205. The molecule has 1 unspecified atom stereocenters. The second-order valence-electron chi connectivity index (χ2n) is 3.23. The van der Waals surface area contributed by atoms with Crippen LogP contribution in [0.3, 0.4) is 0 Å². The van der Waals surface area contributed by atoms with Crippen molar-refractivity contribution in [3.63, 3.8) is 0 Å². The van der Waals surface area contributed by atoms with Crippen LogP contribution in [0.25, 0.3) is 0 Å². The van der Waals surface area contributed by atoms with Gasteiger partial charge >= 0.3 is 0 Å². The van der Waals surface area contributed by atoms with E-state index in [0.29, 0.717) is 13.0 Å². The predicted octanol–water partition coefficient (Wildman–Crippen LogP) is 0.670. The molecule has 0 aliphatic heterocycles. The van der Waals surface area contributed by atoms with Crippen LogP contribution in [0.15, 0.2) is 11.5 Å². The maximum atomic E-state index is 11.1. The lowest BCUT2D eigenvalue weighted by Gasteiger charge is -2.10. The molecule has 0 radical (unpaired) electrons. The Morgan fingerprint density at radius 3 is 2.53 bits per heavy atom. The molecule has 4 N–H and O–H groups in total. The molecule has 0 heterocycles. The second-order valence-corrected chi connectivity index (χ2v) is 4.69.